The summed E-state index contributed by atoms with van der Waals surface area (Å²) in [5, 5.41) is 4.13. The molecule has 0 spiro atoms. The number of nitrogens with one attached hydrogen (secondary N) is 2. The standard InChI is InChI=1S/C20H20N4OS/c1-13-6-11-17(22-13)19-18(16-5-3-4-12-21-16)23-20(26)24(19)14-7-9-15(25-2)10-8-14/h3-12,18-19,22H,1-2H3,(H,23,26)/t18-,19+/m1/s1. The summed E-state index contributed by atoms with van der Waals surface area (Å²) in [4.78, 5) is 10.2. The SMILES string of the molecule is COc1ccc(N2C(=S)N[C@H](c3ccccn3)[C@@H]2c2ccc(C)[nH]2)cc1. The molecule has 3 aromatic rings. The molecule has 132 valence electrons. The van der Waals surface area contributed by atoms with E-state index in [0.29, 0.717) is 5.11 Å². The number of aromatic amines is 1. The van der Waals surface area contributed by atoms with Crippen molar-refractivity contribution in [2.45, 2.75) is 19.0 Å². The van der Waals surface area contributed by atoms with Crippen LogP contribution in [0, 0.1) is 6.92 Å². The first-order chi connectivity index (χ1) is 12.7. The molecule has 2 atom stereocenters. The van der Waals surface area contributed by atoms with E-state index in [9.17, 15) is 0 Å². The van der Waals surface area contributed by atoms with E-state index in [2.05, 4.69) is 39.2 Å². The topological polar surface area (TPSA) is 53.2 Å². The van der Waals surface area contributed by atoms with E-state index in [1.807, 2.05) is 48.7 Å². The van der Waals surface area contributed by atoms with Crippen LogP contribution in [0.25, 0.3) is 0 Å². The van der Waals surface area contributed by atoms with Crippen molar-refractivity contribution in [3.8, 4) is 5.75 Å². The molecule has 1 aliphatic rings. The Morgan fingerprint density at radius 3 is 2.50 bits per heavy atom. The van der Waals surface area contributed by atoms with Gasteiger partial charge in [-0.15, -0.1) is 0 Å². The minimum atomic E-state index is -0.0381. The van der Waals surface area contributed by atoms with Gasteiger partial charge < -0.3 is 19.9 Å². The highest BCUT2D eigenvalue weighted by atomic mass is 32.1. The van der Waals surface area contributed by atoms with Crippen LogP contribution >= 0.6 is 12.2 Å². The summed E-state index contributed by atoms with van der Waals surface area (Å²) in [6.45, 7) is 2.05. The van der Waals surface area contributed by atoms with Crippen LogP contribution in [-0.4, -0.2) is 22.2 Å². The number of anilines is 1. The summed E-state index contributed by atoms with van der Waals surface area (Å²) >= 11 is 5.69. The van der Waals surface area contributed by atoms with Gasteiger partial charge >= 0.3 is 0 Å². The number of ether oxygens (including phenoxy) is 1. The number of aryl methyl sites for hydroxylation is 1. The molecule has 0 saturated carbocycles. The number of pyridine rings is 1. The molecule has 5 nitrogen and oxygen atoms in total. The fraction of sp³-hybridized carbons (Fsp3) is 0.200. The van der Waals surface area contributed by atoms with Crippen LogP contribution in [0.3, 0.4) is 0 Å². The number of rotatable bonds is 4. The largest absolute Gasteiger partial charge is 0.497 e. The van der Waals surface area contributed by atoms with Crippen molar-refractivity contribution >= 4 is 23.0 Å². The van der Waals surface area contributed by atoms with E-state index in [0.717, 1.165) is 28.5 Å². The maximum Gasteiger partial charge on any atom is 0.174 e. The van der Waals surface area contributed by atoms with E-state index in [1.165, 1.54) is 0 Å². The number of hydrogen-bond acceptors (Lipinski definition) is 3. The second kappa shape index (κ2) is 6.80. The maximum absolute atomic E-state index is 5.69. The van der Waals surface area contributed by atoms with Gasteiger partial charge in [0.05, 0.1) is 18.8 Å². The monoisotopic (exact) mass is 364 g/mol. The molecule has 0 aliphatic carbocycles. The van der Waals surface area contributed by atoms with Gasteiger partial charge in [0.15, 0.2) is 5.11 Å². The number of hydrogen-bond donors (Lipinski definition) is 2. The zero-order valence-electron chi connectivity index (χ0n) is 14.6. The van der Waals surface area contributed by atoms with Crippen molar-refractivity contribution in [3.63, 3.8) is 0 Å². The molecule has 2 N–H and O–H groups in total. The fourth-order valence-corrected chi connectivity index (χ4v) is 3.74. The van der Waals surface area contributed by atoms with Gasteiger partial charge in [-0.3, -0.25) is 4.98 Å². The third-order valence-electron chi connectivity index (χ3n) is 4.62. The molecule has 26 heavy (non-hydrogen) atoms. The number of methoxy groups -OCH3 is 1. The predicted octanol–water partition coefficient (Wildman–Crippen LogP) is 3.90. The lowest BCUT2D eigenvalue weighted by Gasteiger charge is -2.27. The highest BCUT2D eigenvalue weighted by Crippen LogP contribution is 2.41. The summed E-state index contributed by atoms with van der Waals surface area (Å²) in [7, 11) is 1.67. The average Bonchev–Trinajstić information content (AvgIpc) is 3.25. The van der Waals surface area contributed by atoms with E-state index < -0.39 is 0 Å². The Balaban J connectivity index is 1.79. The lowest BCUT2D eigenvalue weighted by Crippen LogP contribution is -2.29. The molecular weight excluding hydrogens is 344 g/mol. The van der Waals surface area contributed by atoms with Crippen LogP contribution in [0.4, 0.5) is 5.69 Å². The van der Waals surface area contributed by atoms with Gasteiger partial charge in [0.1, 0.15) is 11.8 Å². The van der Waals surface area contributed by atoms with Gasteiger partial charge in [-0.1, -0.05) is 6.07 Å². The normalized spacial score (nSPS) is 19.5. The second-order valence-corrected chi connectivity index (χ2v) is 6.68. The number of aromatic nitrogens is 2. The number of nitrogens with zero attached hydrogens (tertiary/aromatic N) is 2. The van der Waals surface area contributed by atoms with Crippen LogP contribution < -0.4 is 15.0 Å². The molecule has 0 bridgehead atoms. The van der Waals surface area contributed by atoms with Crippen LogP contribution in [0.15, 0.2) is 60.8 Å². The Morgan fingerprint density at radius 1 is 1.08 bits per heavy atom. The van der Waals surface area contributed by atoms with Crippen molar-refractivity contribution in [3.05, 3.63) is 77.9 Å². The lowest BCUT2D eigenvalue weighted by molar-refractivity contribution is 0.415. The zero-order chi connectivity index (χ0) is 18.1. The van der Waals surface area contributed by atoms with Crippen molar-refractivity contribution in [1.82, 2.24) is 15.3 Å². The lowest BCUT2D eigenvalue weighted by atomic mass is 10.0. The molecule has 1 aliphatic heterocycles. The second-order valence-electron chi connectivity index (χ2n) is 6.29. The maximum atomic E-state index is 5.69. The first-order valence-corrected chi connectivity index (χ1v) is 8.88. The quantitative estimate of drug-likeness (QED) is 0.688. The molecule has 1 saturated heterocycles. The van der Waals surface area contributed by atoms with E-state index in [-0.39, 0.29) is 12.1 Å². The first-order valence-electron chi connectivity index (χ1n) is 8.47. The first kappa shape index (κ1) is 16.6. The Kier molecular flexibility index (Phi) is 4.34. The number of benzene rings is 1. The van der Waals surface area contributed by atoms with Gasteiger partial charge in [0, 0.05) is 23.3 Å². The van der Waals surface area contributed by atoms with E-state index in [4.69, 9.17) is 17.0 Å². The van der Waals surface area contributed by atoms with Gasteiger partial charge in [0.25, 0.3) is 0 Å². The van der Waals surface area contributed by atoms with Crippen LogP contribution in [0.5, 0.6) is 5.75 Å². The highest BCUT2D eigenvalue weighted by Gasteiger charge is 2.41. The fourth-order valence-electron chi connectivity index (χ4n) is 3.39. The molecule has 2 aromatic heterocycles. The van der Waals surface area contributed by atoms with Gasteiger partial charge in [-0.05, 0) is 67.7 Å². The van der Waals surface area contributed by atoms with Crippen LogP contribution in [0.1, 0.15) is 29.2 Å². The summed E-state index contributed by atoms with van der Waals surface area (Å²) in [6, 6.07) is 18.0. The molecular formula is C20H20N4OS. The van der Waals surface area contributed by atoms with Crippen LogP contribution in [0.2, 0.25) is 0 Å². The Labute approximate surface area is 158 Å². The molecule has 0 amide bonds. The third kappa shape index (κ3) is 2.93. The smallest absolute Gasteiger partial charge is 0.174 e. The third-order valence-corrected chi connectivity index (χ3v) is 4.94. The molecule has 0 unspecified atom stereocenters. The molecule has 1 fully saturated rings. The number of H-pyrrole nitrogens is 1. The summed E-state index contributed by atoms with van der Waals surface area (Å²) in [5.74, 6) is 0.820. The van der Waals surface area contributed by atoms with Crippen molar-refractivity contribution in [2.75, 3.05) is 12.0 Å². The Bertz CT molecular complexity index is 907. The molecule has 3 heterocycles. The Morgan fingerprint density at radius 2 is 1.88 bits per heavy atom. The van der Waals surface area contributed by atoms with Gasteiger partial charge in [-0.2, -0.15) is 0 Å². The van der Waals surface area contributed by atoms with Gasteiger partial charge in [-0.25, -0.2) is 0 Å². The molecule has 1 aromatic carbocycles. The van der Waals surface area contributed by atoms with Crippen molar-refractivity contribution in [1.29, 1.82) is 0 Å². The zero-order valence-corrected chi connectivity index (χ0v) is 15.5. The van der Waals surface area contributed by atoms with E-state index >= 15 is 0 Å². The van der Waals surface area contributed by atoms with Crippen molar-refractivity contribution < 1.29 is 4.74 Å². The average molecular weight is 364 g/mol. The molecule has 0 radical (unpaired) electrons. The van der Waals surface area contributed by atoms with Gasteiger partial charge in [0.2, 0.25) is 0 Å². The molecule has 6 heteroatoms. The minimum Gasteiger partial charge on any atom is -0.497 e. The minimum absolute atomic E-state index is 0.0144. The van der Waals surface area contributed by atoms with Crippen LogP contribution in [-0.2, 0) is 0 Å². The predicted molar refractivity (Wildman–Crippen MR) is 106 cm³/mol. The summed E-state index contributed by atoms with van der Waals surface area (Å²) < 4.78 is 5.28. The summed E-state index contributed by atoms with van der Waals surface area (Å²) in [6.07, 6.45) is 1.81. The van der Waals surface area contributed by atoms with Crippen molar-refractivity contribution in [2.24, 2.45) is 0 Å². The molecule has 4 rings (SSSR count). The van der Waals surface area contributed by atoms with E-state index in [1.54, 1.807) is 7.11 Å². The number of thiocarbonyl (C=S) groups is 1. The summed E-state index contributed by atoms with van der Waals surface area (Å²) in [5.41, 5.74) is 4.19. The Hall–Kier alpha value is -2.86. The highest BCUT2D eigenvalue weighted by molar-refractivity contribution is 7.80.